The molecule has 7 heteroatoms. The van der Waals surface area contributed by atoms with Crippen molar-refractivity contribution in [3.63, 3.8) is 0 Å². The van der Waals surface area contributed by atoms with Crippen molar-refractivity contribution in [3.8, 4) is 0 Å². The van der Waals surface area contributed by atoms with Gasteiger partial charge in [0, 0.05) is 32.5 Å². The van der Waals surface area contributed by atoms with E-state index < -0.39 is 0 Å². The molecule has 236 valence electrons. The minimum atomic E-state index is -0.287. The van der Waals surface area contributed by atoms with Crippen LogP contribution in [-0.4, -0.2) is 61.1 Å². The largest absolute Gasteiger partial charge is 0.456 e. The van der Waals surface area contributed by atoms with Gasteiger partial charge in [-0.2, -0.15) is 0 Å². The minimum Gasteiger partial charge on any atom is -0.456 e. The molecule has 0 saturated carbocycles. The lowest BCUT2D eigenvalue weighted by atomic mass is 10.0. The molecule has 0 aromatic rings. The number of likely N-dealkylation sites (tertiary alicyclic amines) is 1. The van der Waals surface area contributed by atoms with Gasteiger partial charge in [0.05, 0.1) is 12.2 Å². The first-order chi connectivity index (χ1) is 19.4. The van der Waals surface area contributed by atoms with E-state index >= 15 is 0 Å². The van der Waals surface area contributed by atoms with Crippen LogP contribution in [0.15, 0.2) is 0 Å². The number of unbranched alkanes of at least 4 members (excludes halogenated alkanes) is 14. The quantitative estimate of drug-likeness (QED) is 0.0951. The van der Waals surface area contributed by atoms with Gasteiger partial charge in [0.25, 0.3) is 5.91 Å². The standard InChI is InChI=1S/C31H58N2O5.C2H6/c1-4-5-6-7-8-9-10-11-12-13-14-15-18-21-31(36)37-26-29(34)32-23-19-16-17-20-30(35)33-24-22-28(25-33)38-27(2)3;1-2/h27-28H,4-26H2,1-3H3,(H,32,34);1-2H3. The number of carbonyl (C=O) groups is 3. The van der Waals surface area contributed by atoms with Crippen LogP contribution >= 0.6 is 0 Å². The van der Waals surface area contributed by atoms with Crippen molar-refractivity contribution in [2.75, 3.05) is 26.2 Å². The number of carbonyl (C=O) groups excluding carboxylic acids is 3. The Morgan fingerprint density at radius 2 is 1.30 bits per heavy atom. The van der Waals surface area contributed by atoms with Crippen molar-refractivity contribution >= 4 is 17.8 Å². The zero-order valence-electron chi connectivity index (χ0n) is 26.9. The summed E-state index contributed by atoms with van der Waals surface area (Å²) in [6.45, 7) is 12.1. The first-order valence-corrected chi connectivity index (χ1v) is 16.8. The maximum atomic E-state index is 12.3. The first kappa shape index (κ1) is 38.4. The van der Waals surface area contributed by atoms with E-state index in [0.29, 0.717) is 25.9 Å². The van der Waals surface area contributed by atoms with Crippen LogP contribution in [0.4, 0.5) is 0 Å². The summed E-state index contributed by atoms with van der Waals surface area (Å²) in [4.78, 5) is 38.0. The number of esters is 1. The van der Waals surface area contributed by atoms with E-state index in [1.165, 1.54) is 70.6 Å². The first-order valence-electron chi connectivity index (χ1n) is 16.8. The fourth-order valence-corrected chi connectivity index (χ4v) is 4.97. The minimum absolute atomic E-state index is 0.164. The molecule has 1 aliphatic rings. The number of hydrogen-bond donors (Lipinski definition) is 1. The van der Waals surface area contributed by atoms with Gasteiger partial charge in [0.2, 0.25) is 5.91 Å². The predicted octanol–water partition coefficient (Wildman–Crippen LogP) is 7.74. The lowest BCUT2D eigenvalue weighted by Gasteiger charge is -2.18. The van der Waals surface area contributed by atoms with E-state index in [4.69, 9.17) is 9.47 Å². The summed E-state index contributed by atoms with van der Waals surface area (Å²) in [7, 11) is 0. The third-order valence-electron chi connectivity index (χ3n) is 7.20. The van der Waals surface area contributed by atoms with Gasteiger partial charge in [-0.25, -0.2) is 0 Å². The van der Waals surface area contributed by atoms with Gasteiger partial charge in [0.15, 0.2) is 6.61 Å². The molecule has 0 aromatic heterocycles. The summed E-state index contributed by atoms with van der Waals surface area (Å²) in [5.74, 6) is -0.350. The van der Waals surface area contributed by atoms with Crippen LogP contribution in [0.25, 0.3) is 0 Å². The number of nitrogens with one attached hydrogen (secondary N) is 1. The van der Waals surface area contributed by atoms with E-state index in [1.807, 2.05) is 32.6 Å². The highest BCUT2D eigenvalue weighted by Crippen LogP contribution is 2.16. The average molecular weight is 569 g/mol. The maximum Gasteiger partial charge on any atom is 0.306 e. The SMILES string of the molecule is CC.CCCCCCCCCCCCCCCC(=O)OCC(=O)NCCCCCC(=O)N1CCC(OC(C)C)C1. The molecule has 0 bridgehead atoms. The van der Waals surface area contributed by atoms with Gasteiger partial charge < -0.3 is 19.7 Å². The van der Waals surface area contributed by atoms with Crippen LogP contribution in [-0.2, 0) is 23.9 Å². The van der Waals surface area contributed by atoms with Gasteiger partial charge >= 0.3 is 5.97 Å². The highest BCUT2D eigenvalue weighted by molar-refractivity contribution is 5.80. The second-order valence-corrected chi connectivity index (χ2v) is 11.2. The Labute approximate surface area is 246 Å². The molecular formula is C33H64N2O5. The lowest BCUT2D eigenvalue weighted by molar-refractivity contribution is -0.148. The Kier molecular flexibility index (Phi) is 26.4. The predicted molar refractivity (Wildman–Crippen MR) is 165 cm³/mol. The molecule has 1 atom stereocenters. The number of hydrogen-bond acceptors (Lipinski definition) is 5. The zero-order valence-corrected chi connectivity index (χ0v) is 26.9. The van der Waals surface area contributed by atoms with Crippen LogP contribution in [0.5, 0.6) is 0 Å². The third-order valence-corrected chi connectivity index (χ3v) is 7.20. The summed E-state index contributed by atoms with van der Waals surface area (Å²) in [6.07, 6.45) is 21.2. The Morgan fingerprint density at radius 1 is 0.775 bits per heavy atom. The average Bonchev–Trinajstić information content (AvgIpc) is 3.41. The van der Waals surface area contributed by atoms with Gasteiger partial charge in [-0.1, -0.05) is 104 Å². The summed E-state index contributed by atoms with van der Waals surface area (Å²) < 4.78 is 10.9. The molecule has 7 nitrogen and oxygen atoms in total. The van der Waals surface area contributed by atoms with Gasteiger partial charge in [-0.3, -0.25) is 14.4 Å². The van der Waals surface area contributed by atoms with Gasteiger partial charge in [-0.05, 0) is 39.5 Å². The molecule has 0 spiro atoms. The van der Waals surface area contributed by atoms with Crippen LogP contribution in [0, 0.1) is 0 Å². The molecule has 1 aliphatic heterocycles. The van der Waals surface area contributed by atoms with E-state index in [-0.39, 0.29) is 36.6 Å². The molecule has 0 aliphatic carbocycles. The summed E-state index contributed by atoms with van der Waals surface area (Å²) in [6, 6.07) is 0. The van der Waals surface area contributed by atoms with Crippen molar-refractivity contribution in [2.24, 2.45) is 0 Å². The number of nitrogens with zero attached hydrogens (tertiary/aromatic N) is 1. The zero-order chi connectivity index (χ0) is 29.8. The molecule has 0 radical (unpaired) electrons. The number of amides is 2. The Balaban J connectivity index is 0.00000742. The molecule has 1 saturated heterocycles. The van der Waals surface area contributed by atoms with Crippen LogP contribution in [0.3, 0.4) is 0 Å². The van der Waals surface area contributed by atoms with Crippen LogP contribution < -0.4 is 5.32 Å². The molecule has 1 N–H and O–H groups in total. The highest BCUT2D eigenvalue weighted by Gasteiger charge is 2.26. The highest BCUT2D eigenvalue weighted by atomic mass is 16.5. The second-order valence-electron chi connectivity index (χ2n) is 11.2. The van der Waals surface area contributed by atoms with Crippen molar-refractivity contribution in [1.29, 1.82) is 0 Å². The summed E-state index contributed by atoms with van der Waals surface area (Å²) in [5.41, 5.74) is 0. The topological polar surface area (TPSA) is 84.9 Å². The van der Waals surface area contributed by atoms with Crippen molar-refractivity contribution < 1.29 is 23.9 Å². The molecular weight excluding hydrogens is 504 g/mol. The van der Waals surface area contributed by atoms with Gasteiger partial charge in [0.1, 0.15) is 0 Å². The third kappa shape index (κ3) is 23.1. The molecule has 40 heavy (non-hydrogen) atoms. The van der Waals surface area contributed by atoms with Crippen molar-refractivity contribution in [3.05, 3.63) is 0 Å². The van der Waals surface area contributed by atoms with Crippen molar-refractivity contribution in [1.82, 2.24) is 10.2 Å². The normalized spacial score (nSPS) is 14.7. The van der Waals surface area contributed by atoms with E-state index in [9.17, 15) is 14.4 Å². The van der Waals surface area contributed by atoms with Gasteiger partial charge in [-0.15, -0.1) is 0 Å². The molecule has 1 heterocycles. The molecule has 1 rings (SSSR count). The van der Waals surface area contributed by atoms with E-state index in [2.05, 4.69) is 12.2 Å². The van der Waals surface area contributed by atoms with E-state index in [1.54, 1.807) is 0 Å². The van der Waals surface area contributed by atoms with Crippen LogP contribution in [0.2, 0.25) is 0 Å². The fourth-order valence-electron chi connectivity index (χ4n) is 4.97. The maximum absolute atomic E-state index is 12.3. The second kappa shape index (κ2) is 27.5. The smallest absolute Gasteiger partial charge is 0.306 e. The fraction of sp³-hybridized carbons (Fsp3) is 0.909. The monoisotopic (exact) mass is 568 g/mol. The molecule has 1 unspecified atom stereocenters. The summed E-state index contributed by atoms with van der Waals surface area (Å²) >= 11 is 0. The Morgan fingerprint density at radius 3 is 1.88 bits per heavy atom. The number of ether oxygens (including phenoxy) is 2. The molecule has 1 fully saturated rings. The number of rotatable bonds is 24. The van der Waals surface area contributed by atoms with Crippen molar-refractivity contribution in [2.45, 2.75) is 169 Å². The van der Waals surface area contributed by atoms with E-state index in [0.717, 1.165) is 45.1 Å². The Hall–Kier alpha value is -1.63. The molecule has 2 amide bonds. The lowest BCUT2D eigenvalue weighted by Crippen LogP contribution is -2.31. The molecule has 0 aromatic carbocycles. The Bertz CT molecular complexity index is 626. The van der Waals surface area contributed by atoms with Crippen LogP contribution in [0.1, 0.15) is 157 Å². The summed E-state index contributed by atoms with van der Waals surface area (Å²) in [5, 5.41) is 2.79.